The highest BCUT2D eigenvalue weighted by Gasteiger charge is 2.16. The molecule has 0 atom stereocenters. The second kappa shape index (κ2) is 6.87. The quantitative estimate of drug-likeness (QED) is 0.894. The second-order valence-corrected chi connectivity index (χ2v) is 7.78. The van der Waals surface area contributed by atoms with Crippen molar-refractivity contribution in [2.75, 3.05) is 23.3 Å². The lowest BCUT2D eigenvalue weighted by Gasteiger charge is -2.19. The third-order valence-corrected chi connectivity index (χ3v) is 4.76. The average Bonchev–Trinajstić information content (AvgIpc) is 3.10. The van der Waals surface area contributed by atoms with Crippen LogP contribution in [0.1, 0.15) is 55.2 Å². The minimum Gasteiger partial charge on any atom is -0.357 e. The number of hydrogen-bond donors (Lipinski definition) is 1. The van der Waals surface area contributed by atoms with Gasteiger partial charge < -0.3 is 10.2 Å². The van der Waals surface area contributed by atoms with Gasteiger partial charge in [-0.3, -0.25) is 4.79 Å². The smallest absolute Gasteiger partial charge is 0.255 e. The predicted octanol–water partition coefficient (Wildman–Crippen LogP) is 4.54. The van der Waals surface area contributed by atoms with Gasteiger partial charge in [-0.05, 0) is 55.0 Å². The summed E-state index contributed by atoms with van der Waals surface area (Å²) in [6.07, 6.45) is 2.45. The summed E-state index contributed by atoms with van der Waals surface area (Å²) in [4.78, 5) is 19.5. The van der Waals surface area contributed by atoms with Gasteiger partial charge in [-0.2, -0.15) is 0 Å². The van der Waals surface area contributed by atoms with Gasteiger partial charge in [0.1, 0.15) is 5.82 Å². The molecule has 1 aromatic heterocycles. The second-order valence-electron chi connectivity index (χ2n) is 7.78. The fourth-order valence-electron chi connectivity index (χ4n) is 3.12. The molecule has 0 radical (unpaired) electrons. The SMILES string of the molecule is Cc1nc(N2CCCC2)ccc1NC(=O)c1ccc(C(C)(C)C)cc1. The van der Waals surface area contributed by atoms with Crippen molar-refractivity contribution in [2.24, 2.45) is 0 Å². The van der Waals surface area contributed by atoms with Crippen LogP contribution in [0.5, 0.6) is 0 Å². The van der Waals surface area contributed by atoms with Gasteiger partial charge in [0.2, 0.25) is 0 Å². The molecule has 1 N–H and O–H groups in total. The molecule has 1 aliphatic rings. The van der Waals surface area contributed by atoms with Crippen LogP contribution in [-0.2, 0) is 5.41 Å². The monoisotopic (exact) mass is 337 g/mol. The molecule has 1 fully saturated rings. The lowest BCUT2D eigenvalue weighted by molar-refractivity contribution is 0.102. The maximum Gasteiger partial charge on any atom is 0.255 e. The number of aromatic nitrogens is 1. The van der Waals surface area contributed by atoms with Crippen molar-refractivity contribution < 1.29 is 4.79 Å². The summed E-state index contributed by atoms with van der Waals surface area (Å²) < 4.78 is 0. The molecule has 1 aromatic carbocycles. The third kappa shape index (κ3) is 4.01. The third-order valence-electron chi connectivity index (χ3n) is 4.76. The number of carbonyl (C=O) groups is 1. The number of nitrogens with one attached hydrogen (secondary N) is 1. The molecule has 2 aromatic rings. The fraction of sp³-hybridized carbons (Fsp3) is 0.429. The highest BCUT2D eigenvalue weighted by Crippen LogP contribution is 2.24. The Morgan fingerprint density at radius 3 is 2.24 bits per heavy atom. The van der Waals surface area contributed by atoms with Gasteiger partial charge >= 0.3 is 0 Å². The van der Waals surface area contributed by atoms with Gasteiger partial charge in [0.25, 0.3) is 5.91 Å². The van der Waals surface area contributed by atoms with Gasteiger partial charge in [-0.1, -0.05) is 32.9 Å². The van der Waals surface area contributed by atoms with Crippen LogP contribution < -0.4 is 10.2 Å². The van der Waals surface area contributed by atoms with Crippen molar-refractivity contribution in [2.45, 2.75) is 46.0 Å². The Labute approximate surface area is 150 Å². The molecule has 1 amide bonds. The molecular formula is C21H27N3O. The normalized spacial score (nSPS) is 14.6. The van der Waals surface area contributed by atoms with Crippen LogP contribution in [0.2, 0.25) is 0 Å². The summed E-state index contributed by atoms with van der Waals surface area (Å²) in [5.41, 5.74) is 3.59. The lowest BCUT2D eigenvalue weighted by Crippen LogP contribution is -2.20. The first kappa shape index (κ1) is 17.5. The highest BCUT2D eigenvalue weighted by atomic mass is 16.1. The van der Waals surface area contributed by atoms with E-state index in [1.165, 1.54) is 18.4 Å². The Bertz CT molecular complexity index is 754. The summed E-state index contributed by atoms with van der Waals surface area (Å²) in [6.45, 7) is 10.6. The van der Waals surface area contributed by atoms with Crippen LogP contribution in [0, 0.1) is 6.92 Å². The zero-order valence-electron chi connectivity index (χ0n) is 15.6. The first-order valence-corrected chi connectivity index (χ1v) is 8.99. The number of pyridine rings is 1. The van der Waals surface area contributed by atoms with E-state index in [0.717, 1.165) is 30.3 Å². The van der Waals surface area contributed by atoms with E-state index >= 15 is 0 Å². The summed E-state index contributed by atoms with van der Waals surface area (Å²) in [6, 6.07) is 11.8. The Morgan fingerprint density at radius 2 is 1.68 bits per heavy atom. The molecule has 0 bridgehead atoms. The summed E-state index contributed by atoms with van der Waals surface area (Å²) in [7, 11) is 0. The molecule has 3 rings (SSSR count). The largest absolute Gasteiger partial charge is 0.357 e. The predicted molar refractivity (Wildman–Crippen MR) is 104 cm³/mol. The minimum absolute atomic E-state index is 0.0842. The first-order valence-electron chi connectivity index (χ1n) is 8.99. The fourth-order valence-corrected chi connectivity index (χ4v) is 3.12. The van der Waals surface area contributed by atoms with Gasteiger partial charge in [-0.25, -0.2) is 4.98 Å². The summed E-state index contributed by atoms with van der Waals surface area (Å²) in [5.74, 6) is 0.904. The molecule has 132 valence electrons. The van der Waals surface area contributed by atoms with Gasteiger partial charge in [0, 0.05) is 18.7 Å². The van der Waals surface area contributed by atoms with E-state index in [4.69, 9.17) is 0 Å². The minimum atomic E-state index is -0.0979. The maximum absolute atomic E-state index is 12.5. The van der Waals surface area contributed by atoms with Gasteiger partial charge in [0.05, 0.1) is 11.4 Å². The van der Waals surface area contributed by atoms with Crippen LogP contribution in [0.4, 0.5) is 11.5 Å². The molecular weight excluding hydrogens is 310 g/mol. The van der Waals surface area contributed by atoms with E-state index in [2.05, 4.69) is 36.0 Å². The lowest BCUT2D eigenvalue weighted by atomic mass is 9.87. The van der Waals surface area contributed by atoms with E-state index in [1.54, 1.807) is 0 Å². The molecule has 2 heterocycles. The van der Waals surface area contributed by atoms with Gasteiger partial charge in [0.15, 0.2) is 0 Å². The molecule has 1 saturated heterocycles. The first-order chi connectivity index (χ1) is 11.8. The summed E-state index contributed by atoms with van der Waals surface area (Å²) >= 11 is 0. The molecule has 0 spiro atoms. The van der Waals surface area contributed by atoms with E-state index in [9.17, 15) is 4.79 Å². The summed E-state index contributed by atoms with van der Waals surface area (Å²) in [5, 5.41) is 2.98. The number of hydrogen-bond acceptors (Lipinski definition) is 3. The zero-order valence-corrected chi connectivity index (χ0v) is 15.6. The molecule has 0 saturated carbocycles. The van der Waals surface area contributed by atoms with Crippen LogP contribution in [0.15, 0.2) is 36.4 Å². The van der Waals surface area contributed by atoms with E-state index < -0.39 is 0 Å². The van der Waals surface area contributed by atoms with Crippen molar-refractivity contribution >= 4 is 17.4 Å². The van der Waals surface area contributed by atoms with Crippen LogP contribution in [0.3, 0.4) is 0 Å². The number of anilines is 2. The van der Waals surface area contributed by atoms with Crippen LogP contribution >= 0.6 is 0 Å². The van der Waals surface area contributed by atoms with Crippen molar-refractivity contribution in [1.82, 2.24) is 4.98 Å². The van der Waals surface area contributed by atoms with Gasteiger partial charge in [-0.15, -0.1) is 0 Å². The van der Waals surface area contributed by atoms with Crippen LogP contribution in [0.25, 0.3) is 0 Å². The van der Waals surface area contributed by atoms with E-state index in [0.29, 0.717) is 5.56 Å². The molecule has 25 heavy (non-hydrogen) atoms. The van der Waals surface area contributed by atoms with Crippen molar-refractivity contribution in [3.05, 3.63) is 53.2 Å². The Hall–Kier alpha value is -2.36. The van der Waals surface area contributed by atoms with Crippen molar-refractivity contribution in [1.29, 1.82) is 0 Å². The molecule has 4 heteroatoms. The average molecular weight is 337 g/mol. The van der Waals surface area contributed by atoms with E-state index in [1.807, 2.05) is 43.3 Å². The number of carbonyl (C=O) groups excluding carboxylic acids is 1. The molecule has 1 aliphatic heterocycles. The standard InChI is InChI=1S/C21H27N3O/c1-15-18(11-12-19(22-15)24-13-5-6-14-24)23-20(25)16-7-9-17(10-8-16)21(2,3)4/h7-12H,5-6,13-14H2,1-4H3,(H,23,25). The molecule has 0 unspecified atom stereocenters. The number of nitrogens with zero attached hydrogens (tertiary/aromatic N) is 2. The maximum atomic E-state index is 12.5. The van der Waals surface area contributed by atoms with E-state index in [-0.39, 0.29) is 11.3 Å². The number of benzene rings is 1. The van der Waals surface area contributed by atoms with Crippen LogP contribution in [-0.4, -0.2) is 24.0 Å². The Kier molecular flexibility index (Phi) is 4.80. The molecule has 0 aliphatic carbocycles. The Balaban J connectivity index is 1.72. The highest BCUT2D eigenvalue weighted by molar-refractivity contribution is 6.04. The van der Waals surface area contributed by atoms with Crippen molar-refractivity contribution in [3.63, 3.8) is 0 Å². The Morgan fingerprint density at radius 1 is 1.04 bits per heavy atom. The van der Waals surface area contributed by atoms with Crippen molar-refractivity contribution in [3.8, 4) is 0 Å². The zero-order chi connectivity index (χ0) is 18.0. The molecule has 4 nitrogen and oxygen atoms in total. The number of amides is 1. The topological polar surface area (TPSA) is 45.2 Å². The number of aryl methyl sites for hydroxylation is 1. The number of rotatable bonds is 3.